The van der Waals surface area contributed by atoms with E-state index in [-0.39, 0.29) is 17.2 Å². The molecule has 7 heteroatoms. The second-order valence-electron chi connectivity index (χ2n) is 4.94. The fraction of sp³-hybridized carbons (Fsp3) is 0. The van der Waals surface area contributed by atoms with E-state index in [2.05, 4.69) is 10.3 Å². The van der Waals surface area contributed by atoms with Crippen molar-refractivity contribution in [3.63, 3.8) is 0 Å². The van der Waals surface area contributed by atoms with Gasteiger partial charge in [-0.1, -0.05) is 41.7 Å². The highest BCUT2D eigenvalue weighted by atomic mass is 32.1. The fourth-order valence-corrected chi connectivity index (χ4v) is 2.96. The van der Waals surface area contributed by atoms with Crippen LogP contribution in [0.3, 0.4) is 0 Å². The first-order chi connectivity index (χ1) is 11.5. The van der Waals surface area contributed by atoms with Crippen LogP contribution in [0.2, 0.25) is 0 Å². The van der Waals surface area contributed by atoms with E-state index in [9.17, 15) is 9.59 Å². The van der Waals surface area contributed by atoms with Crippen molar-refractivity contribution in [3.8, 4) is 0 Å². The molecular formula is C17H13N3O3S. The number of nitrogens with two attached hydrogens (primary N) is 1. The molecule has 1 aromatic heterocycles. The van der Waals surface area contributed by atoms with Crippen LogP contribution in [-0.2, 0) is 0 Å². The predicted molar refractivity (Wildman–Crippen MR) is 93.1 cm³/mol. The van der Waals surface area contributed by atoms with Crippen LogP contribution in [-0.4, -0.2) is 21.8 Å². The number of hydrogen-bond donors (Lipinski definition) is 3. The molecule has 4 N–H and O–H groups in total. The summed E-state index contributed by atoms with van der Waals surface area (Å²) in [5, 5.41) is 12.4. The summed E-state index contributed by atoms with van der Waals surface area (Å²) in [6.07, 6.45) is 0. The summed E-state index contributed by atoms with van der Waals surface area (Å²) in [5.41, 5.74) is 7.26. The number of ketones is 1. The van der Waals surface area contributed by atoms with Gasteiger partial charge in [-0.25, -0.2) is 9.78 Å². The smallest absolute Gasteiger partial charge is 0.335 e. The third-order valence-corrected chi connectivity index (χ3v) is 4.26. The molecule has 3 aromatic rings. The molecule has 0 aliphatic carbocycles. The van der Waals surface area contributed by atoms with Gasteiger partial charge in [-0.2, -0.15) is 0 Å². The SMILES string of the molecule is Nc1nc(Nc2ccc(C(=O)O)cc2)sc1C(=O)c1ccccc1. The Morgan fingerprint density at radius 2 is 1.67 bits per heavy atom. The third kappa shape index (κ3) is 3.26. The molecule has 0 unspecified atom stereocenters. The number of carboxylic acids is 1. The summed E-state index contributed by atoms with van der Waals surface area (Å²) in [6.45, 7) is 0. The lowest BCUT2D eigenvalue weighted by atomic mass is 10.1. The fourth-order valence-electron chi connectivity index (χ4n) is 2.09. The van der Waals surface area contributed by atoms with Crippen LogP contribution in [0.5, 0.6) is 0 Å². The highest BCUT2D eigenvalue weighted by Crippen LogP contribution is 2.29. The Kier molecular flexibility index (Phi) is 4.26. The molecule has 3 rings (SSSR count). The molecule has 24 heavy (non-hydrogen) atoms. The number of anilines is 3. The Balaban J connectivity index is 1.81. The molecule has 0 saturated carbocycles. The second kappa shape index (κ2) is 6.51. The van der Waals surface area contributed by atoms with Crippen molar-refractivity contribution in [1.82, 2.24) is 4.98 Å². The van der Waals surface area contributed by atoms with Gasteiger partial charge in [-0.3, -0.25) is 4.79 Å². The Bertz CT molecular complexity index is 889. The van der Waals surface area contributed by atoms with Crippen LogP contribution >= 0.6 is 11.3 Å². The first kappa shape index (κ1) is 15.7. The summed E-state index contributed by atoms with van der Waals surface area (Å²) in [6, 6.07) is 15.1. The first-order valence-corrected chi connectivity index (χ1v) is 7.82. The number of carbonyl (C=O) groups is 2. The predicted octanol–water partition coefficient (Wildman–Crippen LogP) is 3.40. The summed E-state index contributed by atoms with van der Waals surface area (Å²) in [5.74, 6) is -1.01. The van der Waals surface area contributed by atoms with Crippen LogP contribution in [0.1, 0.15) is 25.6 Å². The largest absolute Gasteiger partial charge is 0.478 e. The van der Waals surface area contributed by atoms with Crippen molar-refractivity contribution in [2.24, 2.45) is 0 Å². The zero-order chi connectivity index (χ0) is 17.1. The number of carboxylic acid groups (broad SMARTS) is 1. The van der Waals surface area contributed by atoms with Crippen molar-refractivity contribution in [2.45, 2.75) is 0 Å². The highest BCUT2D eigenvalue weighted by Gasteiger charge is 2.17. The molecule has 0 fully saturated rings. The van der Waals surface area contributed by atoms with E-state index in [0.29, 0.717) is 21.3 Å². The lowest BCUT2D eigenvalue weighted by Gasteiger charge is -2.02. The Hall–Kier alpha value is -3.19. The minimum atomic E-state index is -0.990. The summed E-state index contributed by atoms with van der Waals surface area (Å²) >= 11 is 1.15. The van der Waals surface area contributed by atoms with Crippen LogP contribution in [0.4, 0.5) is 16.6 Å². The maximum absolute atomic E-state index is 12.4. The van der Waals surface area contributed by atoms with Gasteiger partial charge in [0, 0.05) is 11.3 Å². The van der Waals surface area contributed by atoms with Crippen molar-refractivity contribution in [3.05, 3.63) is 70.6 Å². The molecule has 0 aliphatic heterocycles. The number of benzene rings is 2. The zero-order valence-electron chi connectivity index (χ0n) is 12.4. The number of aromatic nitrogens is 1. The number of nitrogen functional groups attached to an aromatic ring is 1. The topological polar surface area (TPSA) is 105 Å². The summed E-state index contributed by atoms with van der Waals surface area (Å²) in [7, 11) is 0. The number of carbonyl (C=O) groups excluding carboxylic acids is 1. The van der Waals surface area contributed by atoms with E-state index >= 15 is 0 Å². The van der Waals surface area contributed by atoms with Crippen molar-refractivity contribution >= 4 is 39.7 Å². The van der Waals surface area contributed by atoms with E-state index < -0.39 is 5.97 Å². The van der Waals surface area contributed by atoms with E-state index in [1.165, 1.54) is 12.1 Å². The van der Waals surface area contributed by atoms with Crippen molar-refractivity contribution < 1.29 is 14.7 Å². The van der Waals surface area contributed by atoms with E-state index in [4.69, 9.17) is 10.8 Å². The molecule has 0 amide bonds. The average molecular weight is 339 g/mol. The Labute approximate surface area is 141 Å². The molecule has 120 valence electrons. The van der Waals surface area contributed by atoms with Gasteiger partial charge in [0.25, 0.3) is 0 Å². The standard InChI is InChI=1S/C17H13N3O3S/c18-15-14(13(21)10-4-2-1-3-5-10)24-17(20-15)19-12-8-6-11(7-9-12)16(22)23/h1-9H,18H2,(H,19,20)(H,22,23). The van der Waals surface area contributed by atoms with Gasteiger partial charge in [0.2, 0.25) is 5.78 Å². The molecule has 0 aliphatic rings. The normalized spacial score (nSPS) is 10.3. The molecule has 0 bridgehead atoms. The maximum Gasteiger partial charge on any atom is 0.335 e. The highest BCUT2D eigenvalue weighted by molar-refractivity contribution is 7.18. The van der Waals surface area contributed by atoms with Crippen molar-refractivity contribution in [2.75, 3.05) is 11.1 Å². The van der Waals surface area contributed by atoms with Crippen LogP contribution in [0.25, 0.3) is 0 Å². The summed E-state index contributed by atoms with van der Waals surface area (Å²) < 4.78 is 0. The van der Waals surface area contributed by atoms with E-state index in [0.717, 1.165) is 11.3 Å². The van der Waals surface area contributed by atoms with Crippen LogP contribution < -0.4 is 11.1 Å². The lowest BCUT2D eigenvalue weighted by Crippen LogP contribution is -2.02. The molecule has 0 atom stereocenters. The number of nitrogens with zero attached hydrogens (tertiary/aromatic N) is 1. The molecular weight excluding hydrogens is 326 g/mol. The van der Waals surface area contributed by atoms with Crippen LogP contribution in [0, 0.1) is 0 Å². The minimum absolute atomic E-state index is 0.165. The first-order valence-electron chi connectivity index (χ1n) is 7.01. The zero-order valence-corrected chi connectivity index (χ0v) is 13.2. The molecule has 1 heterocycles. The van der Waals surface area contributed by atoms with Gasteiger partial charge in [0.1, 0.15) is 10.7 Å². The van der Waals surface area contributed by atoms with Gasteiger partial charge >= 0.3 is 5.97 Å². The Morgan fingerprint density at radius 1 is 1.00 bits per heavy atom. The van der Waals surface area contributed by atoms with E-state index in [1.54, 1.807) is 36.4 Å². The van der Waals surface area contributed by atoms with E-state index in [1.807, 2.05) is 6.07 Å². The number of rotatable bonds is 5. The molecule has 0 radical (unpaired) electrons. The lowest BCUT2D eigenvalue weighted by molar-refractivity contribution is 0.0696. The van der Waals surface area contributed by atoms with Gasteiger partial charge < -0.3 is 16.2 Å². The number of hydrogen-bond acceptors (Lipinski definition) is 6. The van der Waals surface area contributed by atoms with Gasteiger partial charge in [-0.05, 0) is 24.3 Å². The number of nitrogens with one attached hydrogen (secondary N) is 1. The molecule has 0 spiro atoms. The maximum atomic E-state index is 12.4. The van der Waals surface area contributed by atoms with Gasteiger partial charge in [-0.15, -0.1) is 0 Å². The monoisotopic (exact) mass is 339 g/mol. The molecule has 6 nitrogen and oxygen atoms in total. The quantitative estimate of drug-likeness (QED) is 0.615. The van der Waals surface area contributed by atoms with Gasteiger partial charge in [0.15, 0.2) is 5.13 Å². The number of aromatic carboxylic acids is 1. The van der Waals surface area contributed by atoms with Crippen molar-refractivity contribution in [1.29, 1.82) is 0 Å². The minimum Gasteiger partial charge on any atom is -0.478 e. The average Bonchev–Trinajstić information content (AvgIpc) is 2.95. The molecule has 0 saturated heterocycles. The summed E-state index contributed by atoms with van der Waals surface area (Å²) in [4.78, 5) is 27.8. The second-order valence-corrected chi connectivity index (χ2v) is 5.94. The number of thiazole rings is 1. The van der Waals surface area contributed by atoms with Gasteiger partial charge in [0.05, 0.1) is 5.56 Å². The molecule has 2 aromatic carbocycles. The third-order valence-electron chi connectivity index (χ3n) is 3.28. The van der Waals surface area contributed by atoms with Crippen LogP contribution in [0.15, 0.2) is 54.6 Å². The Morgan fingerprint density at radius 3 is 2.29 bits per heavy atom.